The second kappa shape index (κ2) is 4.35. The highest BCUT2D eigenvalue weighted by Crippen LogP contribution is 2.12. The van der Waals surface area contributed by atoms with Crippen LogP contribution in [0.5, 0.6) is 0 Å². The summed E-state index contributed by atoms with van der Waals surface area (Å²) in [7, 11) is -1.26. The van der Waals surface area contributed by atoms with E-state index in [2.05, 4.69) is 9.68 Å². The first-order chi connectivity index (χ1) is 7.25. The highest BCUT2D eigenvalue weighted by Gasteiger charge is 2.07. The molecule has 2 rings (SSSR count). The van der Waals surface area contributed by atoms with Crippen LogP contribution in [0.2, 0.25) is 0 Å². The van der Waals surface area contributed by atoms with Gasteiger partial charge in [-0.25, -0.2) is 4.39 Å². The molecule has 1 aromatic carbocycles. The van der Waals surface area contributed by atoms with Crippen molar-refractivity contribution in [3.8, 4) is 0 Å². The first kappa shape index (κ1) is 10.0. The fourth-order valence-electron chi connectivity index (χ4n) is 1.14. The lowest BCUT2D eigenvalue weighted by Gasteiger charge is -1.99. The molecule has 78 valence electrons. The Labute approximate surface area is 88.4 Å². The van der Waals surface area contributed by atoms with Gasteiger partial charge in [0, 0.05) is 10.5 Å². The number of nitrogens with zero attached hydrogens (tertiary/aromatic N) is 1. The van der Waals surface area contributed by atoms with E-state index >= 15 is 0 Å². The SMILES string of the molecule is O=S(Cc1cnoc1)c1cccc(F)c1. The number of halogens is 1. The predicted octanol–water partition coefficient (Wildman–Crippen LogP) is 2.12. The fraction of sp³-hybridized carbons (Fsp3) is 0.100. The largest absolute Gasteiger partial charge is 0.364 e. The summed E-state index contributed by atoms with van der Waals surface area (Å²) in [6, 6.07) is 5.76. The van der Waals surface area contributed by atoms with Gasteiger partial charge >= 0.3 is 0 Å². The molecule has 1 aromatic heterocycles. The molecule has 0 bridgehead atoms. The number of aromatic nitrogens is 1. The van der Waals surface area contributed by atoms with Crippen LogP contribution in [0.15, 0.2) is 46.1 Å². The Morgan fingerprint density at radius 3 is 3.00 bits per heavy atom. The molecule has 1 unspecified atom stereocenters. The van der Waals surface area contributed by atoms with Gasteiger partial charge in [0.15, 0.2) is 0 Å². The van der Waals surface area contributed by atoms with E-state index in [1.54, 1.807) is 6.07 Å². The van der Waals surface area contributed by atoms with Gasteiger partial charge < -0.3 is 4.52 Å². The van der Waals surface area contributed by atoms with Crippen LogP contribution in [-0.4, -0.2) is 9.37 Å². The van der Waals surface area contributed by atoms with E-state index in [1.807, 2.05) is 0 Å². The summed E-state index contributed by atoms with van der Waals surface area (Å²) >= 11 is 0. The summed E-state index contributed by atoms with van der Waals surface area (Å²) in [4.78, 5) is 0.469. The molecule has 0 aliphatic heterocycles. The maximum Gasteiger partial charge on any atom is 0.127 e. The smallest absolute Gasteiger partial charge is 0.127 e. The lowest BCUT2D eigenvalue weighted by molar-refractivity contribution is 0.419. The van der Waals surface area contributed by atoms with E-state index in [-0.39, 0.29) is 11.6 Å². The second-order valence-corrected chi connectivity index (χ2v) is 4.43. The number of rotatable bonds is 3. The van der Waals surface area contributed by atoms with Gasteiger partial charge in [0.05, 0.1) is 22.7 Å². The maximum absolute atomic E-state index is 12.8. The molecule has 0 aliphatic carbocycles. The molecule has 1 atom stereocenters. The van der Waals surface area contributed by atoms with Gasteiger partial charge in [-0.15, -0.1) is 0 Å². The molecule has 0 saturated heterocycles. The van der Waals surface area contributed by atoms with Crippen molar-refractivity contribution in [2.45, 2.75) is 10.6 Å². The fourth-order valence-corrected chi connectivity index (χ4v) is 2.23. The van der Waals surface area contributed by atoms with E-state index in [9.17, 15) is 8.60 Å². The van der Waals surface area contributed by atoms with Gasteiger partial charge in [-0.3, -0.25) is 4.21 Å². The predicted molar refractivity (Wildman–Crippen MR) is 53.0 cm³/mol. The lowest BCUT2D eigenvalue weighted by Crippen LogP contribution is -1.95. The average molecular weight is 225 g/mol. The minimum atomic E-state index is -1.26. The Bertz CT molecular complexity index is 470. The molecule has 5 heteroatoms. The van der Waals surface area contributed by atoms with E-state index in [1.165, 1.54) is 30.7 Å². The second-order valence-electron chi connectivity index (χ2n) is 2.98. The molecule has 0 fully saturated rings. The third kappa shape index (κ3) is 2.50. The number of hydrogen-bond acceptors (Lipinski definition) is 3. The standard InChI is InChI=1S/C10H8FNO2S/c11-9-2-1-3-10(4-9)15(13)7-8-5-12-14-6-8/h1-6H,7H2. The summed E-state index contributed by atoms with van der Waals surface area (Å²) in [5.41, 5.74) is 0.734. The highest BCUT2D eigenvalue weighted by molar-refractivity contribution is 7.84. The Hall–Kier alpha value is -1.49. The van der Waals surface area contributed by atoms with Crippen molar-refractivity contribution < 1.29 is 13.1 Å². The van der Waals surface area contributed by atoms with Gasteiger partial charge in [0.2, 0.25) is 0 Å². The molecule has 0 N–H and O–H groups in total. The first-order valence-electron chi connectivity index (χ1n) is 4.28. The van der Waals surface area contributed by atoms with Crippen molar-refractivity contribution in [3.63, 3.8) is 0 Å². The molecule has 1 heterocycles. The zero-order chi connectivity index (χ0) is 10.7. The molecular formula is C10H8FNO2S. The van der Waals surface area contributed by atoms with Gasteiger partial charge in [-0.1, -0.05) is 11.2 Å². The van der Waals surface area contributed by atoms with Crippen LogP contribution < -0.4 is 0 Å². The molecule has 0 aliphatic rings. The first-order valence-corrected chi connectivity index (χ1v) is 5.60. The Kier molecular flexibility index (Phi) is 2.91. The van der Waals surface area contributed by atoms with E-state index in [4.69, 9.17) is 0 Å². The normalized spacial score (nSPS) is 12.6. The van der Waals surface area contributed by atoms with Gasteiger partial charge in [-0.05, 0) is 18.2 Å². The van der Waals surface area contributed by atoms with Crippen molar-refractivity contribution in [1.82, 2.24) is 5.16 Å². The molecule has 3 nitrogen and oxygen atoms in total. The molecule has 0 radical (unpaired) electrons. The minimum absolute atomic E-state index is 0.285. The van der Waals surface area contributed by atoms with Crippen LogP contribution >= 0.6 is 0 Å². The summed E-state index contributed by atoms with van der Waals surface area (Å²) in [5, 5.41) is 3.50. The van der Waals surface area contributed by atoms with Crippen molar-refractivity contribution in [1.29, 1.82) is 0 Å². The molecular weight excluding hydrogens is 217 g/mol. The summed E-state index contributed by atoms with van der Waals surface area (Å²) < 4.78 is 29.2. The van der Waals surface area contributed by atoms with Crippen LogP contribution in [0, 0.1) is 5.82 Å². The average Bonchev–Trinajstić information content (AvgIpc) is 2.70. The quantitative estimate of drug-likeness (QED) is 0.803. The van der Waals surface area contributed by atoms with Gasteiger partial charge in [0.25, 0.3) is 0 Å². The summed E-state index contributed by atoms with van der Waals surface area (Å²) in [5.74, 6) is -0.0985. The van der Waals surface area contributed by atoms with Gasteiger partial charge in [-0.2, -0.15) is 0 Å². The Balaban J connectivity index is 2.15. The molecule has 2 aromatic rings. The van der Waals surface area contributed by atoms with Crippen molar-refractivity contribution in [3.05, 3.63) is 48.1 Å². The van der Waals surface area contributed by atoms with E-state index in [0.717, 1.165) is 5.56 Å². The van der Waals surface area contributed by atoms with Gasteiger partial charge in [0.1, 0.15) is 12.1 Å². The van der Waals surface area contributed by atoms with Crippen LogP contribution in [0.1, 0.15) is 5.56 Å². The van der Waals surface area contributed by atoms with E-state index in [0.29, 0.717) is 4.90 Å². The zero-order valence-corrected chi connectivity index (χ0v) is 8.54. The highest BCUT2D eigenvalue weighted by atomic mass is 32.2. The zero-order valence-electron chi connectivity index (χ0n) is 7.72. The lowest BCUT2D eigenvalue weighted by atomic mass is 10.3. The van der Waals surface area contributed by atoms with Crippen molar-refractivity contribution >= 4 is 10.8 Å². The topological polar surface area (TPSA) is 43.1 Å². The third-order valence-corrected chi connectivity index (χ3v) is 3.22. The summed E-state index contributed by atoms with van der Waals surface area (Å²) in [6.45, 7) is 0. The van der Waals surface area contributed by atoms with Crippen LogP contribution in [0.3, 0.4) is 0 Å². The third-order valence-electron chi connectivity index (χ3n) is 1.84. The number of benzene rings is 1. The minimum Gasteiger partial charge on any atom is -0.364 e. The summed E-state index contributed by atoms with van der Waals surface area (Å²) in [6.07, 6.45) is 2.92. The Morgan fingerprint density at radius 2 is 2.33 bits per heavy atom. The van der Waals surface area contributed by atoms with Crippen molar-refractivity contribution in [2.75, 3.05) is 0 Å². The maximum atomic E-state index is 12.8. The number of hydrogen-bond donors (Lipinski definition) is 0. The molecule has 15 heavy (non-hydrogen) atoms. The van der Waals surface area contributed by atoms with E-state index < -0.39 is 10.8 Å². The Morgan fingerprint density at radius 1 is 1.47 bits per heavy atom. The van der Waals surface area contributed by atoms with Crippen molar-refractivity contribution in [2.24, 2.45) is 0 Å². The monoisotopic (exact) mass is 225 g/mol. The molecule has 0 spiro atoms. The molecule has 0 saturated carbocycles. The van der Waals surface area contributed by atoms with Crippen LogP contribution in [-0.2, 0) is 16.6 Å². The van der Waals surface area contributed by atoms with Crippen LogP contribution in [0.25, 0.3) is 0 Å². The molecule has 0 amide bonds. The van der Waals surface area contributed by atoms with Crippen LogP contribution in [0.4, 0.5) is 4.39 Å².